The van der Waals surface area contributed by atoms with E-state index in [1.165, 1.54) is 4.90 Å². The zero-order valence-corrected chi connectivity index (χ0v) is 19.3. The molecule has 1 aliphatic heterocycles. The number of nitrogens with one attached hydrogen (secondary N) is 2. The molecule has 0 spiro atoms. The lowest BCUT2D eigenvalue weighted by Gasteiger charge is -2.29. The van der Waals surface area contributed by atoms with Crippen LogP contribution in [-0.4, -0.2) is 70.2 Å². The van der Waals surface area contributed by atoms with Crippen molar-refractivity contribution < 1.29 is 24.3 Å². The van der Waals surface area contributed by atoms with E-state index in [0.29, 0.717) is 25.8 Å². The summed E-state index contributed by atoms with van der Waals surface area (Å²) in [7, 11) is 0. The summed E-state index contributed by atoms with van der Waals surface area (Å²) in [5.74, 6) is -2.82. The van der Waals surface area contributed by atoms with Crippen LogP contribution in [0, 0.1) is 5.92 Å². The van der Waals surface area contributed by atoms with E-state index in [1.54, 1.807) is 13.8 Å². The first kappa shape index (κ1) is 25.7. The summed E-state index contributed by atoms with van der Waals surface area (Å²) in [5, 5.41) is 14.5. The SMILES string of the molecule is CC(C)C(NC(=O)C1CCCN1C(=O)C(CS)NC(=O)C(N)Cc1ccccc1)C(=O)O. The van der Waals surface area contributed by atoms with Gasteiger partial charge in [0.2, 0.25) is 17.7 Å². The van der Waals surface area contributed by atoms with Gasteiger partial charge in [-0.15, -0.1) is 0 Å². The number of carbonyl (C=O) groups is 4. The number of benzene rings is 1. The molecule has 1 fully saturated rings. The van der Waals surface area contributed by atoms with Gasteiger partial charge in [0.15, 0.2) is 0 Å². The van der Waals surface area contributed by atoms with Crippen molar-refractivity contribution in [3.8, 4) is 0 Å². The smallest absolute Gasteiger partial charge is 0.326 e. The molecule has 0 radical (unpaired) electrons. The number of hydrogen-bond acceptors (Lipinski definition) is 6. The van der Waals surface area contributed by atoms with Crippen LogP contribution in [0.5, 0.6) is 0 Å². The highest BCUT2D eigenvalue weighted by atomic mass is 32.1. The van der Waals surface area contributed by atoms with Crippen LogP contribution in [0.3, 0.4) is 0 Å². The summed E-state index contributed by atoms with van der Waals surface area (Å²) in [5.41, 5.74) is 6.91. The van der Waals surface area contributed by atoms with E-state index in [2.05, 4.69) is 23.3 Å². The second-order valence-electron chi connectivity index (χ2n) is 8.30. The van der Waals surface area contributed by atoms with E-state index in [0.717, 1.165) is 5.56 Å². The molecule has 5 N–H and O–H groups in total. The third-order valence-corrected chi connectivity index (χ3v) is 5.87. The summed E-state index contributed by atoms with van der Waals surface area (Å²) in [6.07, 6.45) is 1.34. The van der Waals surface area contributed by atoms with Crippen molar-refractivity contribution in [2.75, 3.05) is 12.3 Å². The molecule has 176 valence electrons. The number of aliphatic carboxylic acids is 1. The lowest BCUT2D eigenvalue weighted by atomic mass is 10.0. The highest BCUT2D eigenvalue weighted by molar-refractivity contribution is 7.80. The Hall–Kier alpha value is -2.59. The van der Waals surface area contributed by atoms with E-state index in [-0.39, 0.29) is 11.7 Å². The summed E-state index contributed by atoms with van der Waals surface area (Å²) >= 11 is 4.20. The number of hydrogen-bond donors (Lipinski definition) is 5. The van der Waals surface area contributed by atoms with E-state index in [1.807, 2.05) is 30.3 Å². The molecule has 0 saturated carbocycles. The number of nitrogens with two attached hydrogens (primary N) is 1. The molecule has 1 aromatic rings. The molecular weight excluding hydrogens is 432 g/mol. The molecule has 2 rings (SSSR count). The normalized spacial score (nSPS) is 18.7. The Labute approximate surface area is 193 Å². The standard InChI is InChI=1S/C22H32N4O5S/c1-13(2)18(22(30)31)25-20(28)17-9-6-10-26(17)21(29)16(12-32)24-19(27)15(23)11-14-7-4-3-5-8-14/h3-5,7-8,13,15-18,32H,6,9-12,23H2,1-2H3,(H,24,27)(H,25,28)(H,30,31). The van der Waals surface area contributed by atoms with Gasteiger partial charge in [-0.3, -0.25) is 14.4 Å². The van der Waals surface area contributed by atoms with Crippen molar-refractivity contribution in [1.29, 1.82) is 0 Å². The van der Waals surface area contributed by atoms with Crippen LogP contribution < -0.4 is 16.4 Å². The molecule has 0 bridgehead atoms. The molecular formula is C22H32N4O5S. The summed E-state index contributed by atoms with van der Waals surface area (Å²) in [6, 6.07) is 5.69. The zero-order valence-electron chi connectivity index (χ0n) is 18.4. The molecule has 3 amide bonds. The van der Waals surface area contributed by atoms with Gasteiger partial charge >= 0.3 is 5.97 Å². The van der Waals surface area contributed by atoms with E-state index in [9.17, 15) is 24.3 Å². The lowest BCUT2D eigenvalue weighted by Crippen LogP contribution is -2.58. The first-order valence-corrected chi connectivity index (χ1v) is 11.3. The number of carboxylic acids is 1. The van der Waals surface area contributed by atoms with Gasteiger partial charge < -0.3 is 26.4 Å². The lowest BCUT2D eigenvalue weighted by molar-refractivity contribution is -0.145. The maximum atomic E-state index is 13.1. The summed E-state index contributed by atoms with van der Waals surface area (Å²) in [6.45, 7) is 3.73. The second kappa shape index (κ2) is 11.9. The van der Waals surface area contributed by atoms with Gasteiger partial charge in [-0.2, -0.15) is 12.6 Å². The summed E-state index contributed by atoms with van der Waals surface area (Å²) < 4.78 is 0. The van der Waals surface area contributed by atoms with Gasteiger partial charge in [0.1, 0.15) is 18.1 Å². The third kappa shape index (κ3) is 6.70. The van der Waals surface area contributed by atoms with Gasteiger partial charge in [0.05, 0.1) is 6.04 Å². The van der Waals surface area contributed by atoms with Crippen molar-refractivity contribution in [2.45, 2.75) is 57.3 Å². The fourth-order valence-electron chi connectivity index (χ4n) is 3.69. The van der Waals surface area contributed by atoms with Gasteiger partial charge in [-0.05, 0) is 30.7 Å². The average Bonchev–Trinajstić information content (AvgIpc) is 3.25. The minimum Gasteiger partial charge on any atom is -0.480 e. The maximum Gasteiger partial charge on any atom is 0.326 e. The monoisotopic (exact) mass is 464 g/mol. The molecule has 9 nitrogen and oxygen atoms in total. The molecule has 0 aliphatic carbocycles. The largest absolute Gasteiger partial charge is 0.480 e. The Morgan fingerprint density at radius 1 is 1.19 bits per heavy atom. The Bertz CT molecular complexity index is 820. The number of rotatable bonds is 10. The Morgan fingerprint density at radius 2 is 1.84 bits per heavy atom. The van der Waals surface area contributed by atoms with Crippen LogP contribution in [0.4, 0.5) is 0 Å². The van der Waals surface area contributed by atoms with Gasteiger partial charge in [-0.1, -0.05) is 44.2 Å². The van der Waals surface area contributed by atoms with Crippen molar-refractivity contribution in [3.63, 3.8) is 0 Å². The fourth-order valence-corrected chi connectivity index (χ4v) is 3.94. The molecule has 32 heavy (non-hydrogen) atoms. The van der Waals surface area contributed by atoms with Crippen LogP contribution in [0.25, 0.3) is 0 Å². The first-order chi connectivity index (χ1) is 15.1. The third-order valence-electron chi connectivity index (χ3n) is 5.50. The van der Waals surface area contributed by atoms with Crippen LogP contribution in [-0.2, 0) is 25.6 Å². The zero-order chi connectivity index (χ0) is 23.8. The molecule has 4 atom stereocenters. The highest BCUT2D eigenvalue weighted by Gasteiger charge is 2.39. The van der Waals surface area contributed by atoms with Crippen LogP contribution in [0.1, 0.15) is 32.3 Å². The summed E-state index contributed by atoms with van der Waals surface area (Å²) in [4.78, 5) is 51.2. The Balaban J connectivity index is 2.02. The van der Waals surface area contributed by atoms with Crippen molar-refractivity contribution in [2.24, 2.45) is 11.7 Å². The maximum absolute atomic E-state index is 13.1. The van der Waals surface area contributed by atoms with Crippen molar-refractivity contribution >= 4 is 36.3 Å². The van der Waals surface area contributed by atoms with Crippen LogP contribution in [0.2, 0.25) is 0 Å². The predicted octanol–water partition coefficient (Wildman–Crippen LogP) is 0.187. The molecule has 1 aromatic carbocycles. The molecule has 0 aromatic heterocycles. The second-order valence-corrected chi connectivity index (χ2v) is 8.66. The van der Waals surface area contributed by atoms with Gasteiger partial charge in [0, 0.05) is 12.3 Å². The van der Waals surface area contributed by atoms with E-state index in [4.69, 9.17) is 5.73 Å². The number of carbonyl (C=O) groups excluding carboxylic acids is 3. The van der Waals surface area contributed by atoms with E-state index < -0.39 is 47.9 Å². The molecule has 1 aliphatic rings. The fraction of sp³-hybridized carbons (Fsp3) is 0.545. The Morgan fingerprint density at radius 3 is 2.41 bits per heavy atom. The minimum atomic E-state index is -1.13. The Kier molecular flexibility index (Phi) is 9.52. The number of likely N-dealkylation sites (tertiary alicyclic amines) is 1. The first-order valence-electron chi connectivity index (χ1n) is 10.7. The highest BCUT2D eigenvalue weighted by Crippen LogP contribution is 2.20. The van der Waals surface area contributed by atoms with Crippen LogP contribution >= 0.6 is 12.6 Å². The topological polar surface area (TPSA) is 142 Å². The quantitative estimate of drug-likeness (QED) is 0.313. The van der Waals surface area contributed by atoms with Crippen molar-refractivity contribution in [1.82, 2.24) is 15.5 Å². The number of thiol groups is 1. The van der Waals surface area contributed by atoms with Crippen LogP contribution in [0.15, 0.2) is 30.3 Å². The molecule has 10 heteroatoms. The predicted molar refractivity (Wildman–Crippen MR) is 123 cm³/mol. The average molecular weight is 465 g/mol. The molecule has 1 saturated heterocycles. The van der Waals surface area contributed by atoms with Gasteiger partial charge in [-0.25, -0.2) is 4.79 Å². The van der Waals surface area contributed by atoms with Gasteiger partial charge in [0.25, 0.3) is 0 Å². The van der Waals surface area contributed by atoms with Crippen molar-refractivity contribution in [3.05, 3.63) is 35.9 Å². The minimum absolute atomic E-state index is 0.0389. The number of amides is 3. The number of nitrogens with zero attached hydrogens (tertiary/aromatic N) is 1. The number of carboxylic acid groups (broad SMARTS) is 1. The molecule has 4 unspecified atom stereocenters. The molecule has 1 heterocycles. The van der Waals surface area contributed by atoms with E-state index >= 15 is 0 Å².